The summed E-state index contributed by atoms with van der Waals surface area (Å²) in [4.78, 5) is 28.1. The highest BCUT2D eigenvalue weighted by molar-refractivity contribution is 5.92. The smallest absolute Gasteiger partial charge is 0.269 e. The third-order valence-electron chi connectivity index (χ3n) is 4.17. The summed E-state index contributed by atoms with van der Waals surface area (Å²) in [5, 5.41) is 0. The topological polar surface area (TPSA) is 65.1 Å². The molecule has 1 aliphatic rings. The fraction of sp³-hybridized carbons (Fsp3) is 0.471. The molecule has 0 spiro atoms. The van der Waals surface area contributed by atoms with Crippen LogP contribution in [-0.4, -0.2) is 51.3 Å². The molecule has 2 aromatic rings. The molecule has 3 heterocycles. The molecule has 0 aliphatic carbocycles. The van der Waals surface area contributed by atoms with Gasteiger partial charge in [-0.1, -0.05) is 6.92 Å². The van der Waals surface area contributed by atoms with Crippen molar-refractivity contribution in [3.63, 3.8) is 0 Å². The molecular formula is C17H23N5O. The van der Waals surface area contributed by atoms with Gasteiger partial charge in [-0.2, -0.15) is 0 Å². The monoisotopic (exact) mass is 313 g/mol. The van der Waals surface area contributed by atoms with E-state index in [1.807, 2.05) is 18.3 Å². The molecule has 0 bridgehead atoms. The van der Waals surface area contributed by atoms with Gasteiger partial charge in [0.25, 0.3) is 5.91 Å². The number of H-pyrrole nitrogens is 1. The zero-order valence-electron chi connectivity index (χ0n) is 14.0. The molecule has 0 saturated carbocycles. The number of aryl methyl sites for hydroxylation is 1. The van der Waals surface area contributed by atoms with Gasteiger partial charge in [0.2, 0.25) is 0 Å². The summed E-state index contributed by atoms with van der Waals surface area (Å²) in [6.07, 6.45) is 3.81. The lowest BCUT2D eigenvalue weighted by molar-refractivity contribution is 0.0822. The van der Waals surface area contributed by atoms with Crippen molar-refractivity contribution >= 4 is 5.91 Å². The van der Waals surface area contributed by atoms with Crippen LogP contribution in [0.15, 0.2) is 18.3 Å². The lowest BCUT2D eigenvalue weighted by Gasteiger charge is -2.27. The van der Waals surface area contributed by atoms with Gasteiger partial charge in [0.1, 0.15) is 11.5 Å². The summed E-state index contributed by atoms with van der Waals surface area (Å²) in [6.45, 7) is 4.69. The SMILES string of the molecule is CCc1ncc2c(n1)CN(Cc1ccc(C(=O)N(C)C)[nH]1)CC2. The first kappa shape index (κ1) is 15.7. The molecule has 6 nitrogen and oxygen atoms in total. The highest BCUT2D eigenvalue weighted by Gasteiger charge is 2.19. The second-order valence-corrected chi connectivity index (χ2v) is 6.17. The Hall–Kier alpha value is -2.21. The van der Waals surface area contributed by atoms with E-state index in [2.05, 4.69) is 26.8 Å². The van der Waals surface area contributed by atoms with Crippen LogP contribution in [0.1, 0.15) is 40.2 Å². The zero-order valence-corrected chi connectivity index (χ0v) is 14.0. The first-order valence-electron chi connectivity index (χ1n) is 8.02. The van der Waals surface area contributed by atoms with Crippen LogP contribution in [0.3, 0.4) is 0 Å². The Labute approximate surface area is 136 Å². The molecule has 0 atom stereocenters. The maximum Gasteiger partial charge on any atom is 0.269 e. The average molecular weight is 313 g/mol. The van der Waals surface area contributed by atoms with Crippen molar-refractivity contribution in [1.82, 2.24) is 24.8 Å². The second-order valence-electron chi connectivity index (χ2n) is 6.17. The molecule has 0 unspecified atom stereocenters. The summed E-state index contributed by atoms with van der Waals surface area (Å²) in [7, 11) is 3.52. The lowest BCUT2D eigenvalue weighted by atomic mass is 10.1. The summed E-state index contributed by atoms with van der Waals surface area (Å²) >= 11 is 0. The van der Waals surface area contributed by atoms with Gasteiger partial charge in [0, 0.05) is 52.0 Å². The number of hydrogen-bond acceptors (Lipinski definition) is 4. The number of aromatic amines is 1. The van der Waals surface area contributed by atoms with E-state index in [1.54, 1.807) is 19.0 Å². The Bertz CT molecular complexity index is 707. The second kappa shape index (κ2) is 6.50. The van der Waals surface area contributed by atoms with Gasteiger partial charge in [-0.25, -0.2) is 9.97 Å². The van der Waals surface area contributed by atoms with Crippen molar-refractivity contribution in [2.24, 2.45) is 0 Å². The van der Waals surface area contributed by atoms with E-state index in [4.69, 9.17) is 0 Å². The van der Waals surface area contributed by atoms with E-state index in [0.717, 1.165) is 49.7 Å². The van der Waals surface area contributed by atoms with E-state index >= 15 is 0 Å². The first-order valence-corrected chi connectivity index (χ1v) is 8.02. The van der Waals surface area contributed by atoms with Crippen LogP contribution in [-0.2, 0) is 25.9 Å². The molecule has 122 valence electrons. The van der Waals surface area contributed by atoms with E-state index < -0.39 is 0 Å². The molecule has 0 fully saturated rings. The number of amides is 1. The number of rotatable bonds is 4. The Kier molecular flexibility index (Phi) is 4.43. The van der Waals surface area contributed by atoms with Gasteiger partial charge in [-0.05, 0) is 24.1 Å². The number of aromatic nitrogens is 3. The van der Waals surface area contributed by atoms with Crippen LogP contribution in [0, 0.1) is 0 Å². The van der Waals surface area contributed by atoms with E-state index in [-0.39, 0.29) is 5.91 Å². The van der Waals surface area contributed by atoms with Gasteiger partial charge in [-0.3, -0.25) is 9.69 Å². The van der Waals surface area contributed by atoms with Crippen LogP contribution >= 0.6 is 0 Å². The van der Waals surface area contributed by atoms with Crippen LogP contribution in [0.25, 0.3) is 0 Å². The zero-order chi connectivity index (χ0) is 16.4. The Balaban J connectivity index is 1.69. The molecule has 1 N–H and O–H groups in total. The molecule has 1 amide bonds. The Morgan fingerprint density at radius 2 is 2.22 bits per heavy atom. The lowest BCUT2D eigenvalue weighted by Crippen LogP contribution is -2.31. The quantitative estimate of drug-likeness (QED) is 0.932. The maximum atomic E-state index is 11.9. The average Bonchev–Trinajstić information content (AvgIpc) is 3.01. The third kappa shape index (κ3) is 3.42. The molecule has 0 radical (unpaired) electrons. The highest BCUT2D eigenvalue weighted by atomic mass is 16.2. The third-order valence-corrected chi connectivity index (χ3v) is 4.17. The molecule has 3 rings (SSSR count). The van der Waals surface area contributed by atoms with Crippen molar-refractivity contribution in [2.75, 3.05) is 20.6 Å². The van der Waals surface area contributed by atoms with Gasteiger partial charge in [0.15, 0.2) is 0 Å². The highest BCUT2D eigenvalue weighted by Crippen LogP contribution is 2.18. The van der Waals surface area contributed by atoms with E-state index in [1.165, 1.54) is 5.56 Å². The van der Waals surface area contributed by atoms with Crippen molar-refractivity contribution in [2.45, 2.75) is 32.9 Å². The number of carbonyl (C=O) groups is 1. The summed E-state index contributed by atoms with van der Waals surface area (Å²) in [5.41, 5.74) is 4.09. The minimum Gasteiger partial charge on any atom is -0.353 e. The van der Waals surface area contributed by atoms with Crippen molar-refractivity contribution in [1.29, 1.82) is 0 Å². The van der Waals surface area contributed by atoms with Crippen LogP contribution < -0.4 is 0 Å². The van der Waals surface area contributed by atoms with Crippen LogP contribution in [0.2, 0.25) is 0 Å². The predicted octanol–water partition coefficient (Wildman–Crippen LogP) is 1.63. The number of carbonyl (C=O) groups excluding carboxylic acids is 1. The fourth-order valence-corrected chi connectivity index (χ4v) is 2.84. The summed E-state index contributed by atoms with van der Waals surface area (Å²) in [5.74, 6) is 0.907. The molecule has 0 saturated heterocycles. The van der Waals surface area contributed by atoms with Crippen molar-refractivity contribution < 1.29 is 4.79 Å². The number of nitrogens with one attached hydrogen (secondary N) is 1. The fourth-order valence-electron chi connectivity index (χ4n) is 2.84. The van der Waals surface area contributed by atoms with Gasteiger partial charge in [0.05, 0.1) is 5.69 Å². The standard InChI is InChI=1S/C17H23N5O/c1-4-16-18-9-12-7-8-22(11-15(12)20-16)10-13-5-6-14(19-13)17(23)21(2)3/h5-6,9,19H,4,7-8,10-11H2,1-3H3. The minimum atomic E-state index is 0.000526. The molecule has 6 heteroatoms. The van der Waals surface area contributed by atoms with E-state index in [9.17, 15) is 4.79 Å². The Morgan fingerprint density at radius 3 is 2.96 bits per heavy atom. The number of nitrogens with zero attached hydrogens (tertiary/aromatic N) is 4. The molecular weight excluding hydrogens is 290 g/mol. The van der Waals surface area contributed by atoms with Gasteiger partial charge in [-0.15, -0.1) is 0 Å². The Morgan fingerprint density at radius 1 is 1.39 bits per heavy atom. The minimum absolute atomic E-state index is 0.000526. The molecule has 2 aromatic heterocycles. The van der Waals surface area contributed by atoms with Crippen molar-refractivity contribution in [3.05, 3.63) is 46.8 Å². The van der Waals surface area contributed by atoms with E-state index in [0.29, 0.717) is 5.69 Å². The van der Waals surface area contributed by atoms with Crippen LogP contribution in [0.5, 0.6) is 0 Å². The largest absolute Gasteiger partial charge is 0.353 e. The summed E-state index contributed by atoms with van der Waals surface area (Å²) in [6, 6.07) is 3.84. The molecule has 23 heavy (non-hydrogen) atoms. The summed E-state index contributed by atoms with van der Waals surface area (Å²) < 4.78 is 0. The molecule has 1 aliphatic heterocycles. The van der Waals surface area contributed by atoms with Crippen molar-refractivity contribution in [3.8, 4) is 0 Å². The van der Waals surface area contributed by atoms with Gasteiger partial charge < -0.3 is 9.88 Å². The number of hydrogen-bond donors (Lipinski definition) is 1. The van der Waals surface area contributed by atoms with Crippen LogP contribution in [0.4, 0.5) is 0 Å². The van der Waals surface area contributed by atoms with Gasteiger partial charge >= 0.3 is 0 Å². The maximum absolute atomic E-state index is 11.9. The predicted molar refractivity (Wildman–Crippen MR) is 88.0 cm³/mol. The normalized spacial score (nSPS) is 14.6. The number of fused-ring (bicyclic) bond motifs is 1. The molecule has 0 aromatic carbocycles. The first-order chi connectivity index (χ1) is 11.1.